The minimum Gasteiger partial charge on any atom is -0.488 e. The first-order valence-electron chi connectivity index (χ1n) is 18.2. The lowest BCUT2D eigenvalue weighted by atomic mass is 9.90. The minimum atomic E-state index is -1.10. The Bertz CT molecular complexity index is 1890. The molecular formula is C43H46N2O5. The summed E-state index contributed by atoms with van der Waals surface area (Å²) in [6.45, 7) is 2.31. The van der Waals surface area contributed by atoms with Gasteiger partial charge in [-0.3, -0.25) is 14.4 Å². The lowest BCUT2D eigenvalue weighted by Crippen LogP contribution is -2.45. The molecule has 0 unspecified atom stereocenters. The first-order chi connectivity index (χ1) is 24.3. The summed E-state index contributed by atoms with van der Waals surface area (Å²) >= 11 is 0. The van der Waals surface area contributed by atoms with Crippen molar-refractivity contribution in [3.05, 3.63) is 108 Å². The van der Waals surface area contributed by atoms with E-state index < -0.39 is 23.5 Å². The summed E-state index contributed by atoms with van der Waals surface area (Å²) in [7, 11) is 0. The number of carbonyl (C=O) groups is 3. The number of nitrogens with zero attached hydrogens (tertiary/aromatic N) is 2. The smallest absolute Gasteiger partial charge is 0.310 e. The summed E-state index contributed by atoms with van der Waals surface area (Å²) in [4.78, 5) is 48.2. The van der Waals surface area contributed by atoms with Gasteiger partial charge in [0.05, 0.1) is 29.2 Å². The van der Waals surface area contributed by atoms with Gasteiger partial charge in [0, 0.05) is 35.8 Å². The molecule has 50 heavy (non-hydrogen) atoms. The monoisotopic (exact) mass is 670 g/mol. The highest BCUT2D eigenvalue weighted by Crippen LogP contribution is 2.57. The Hall–Kier alpha value is -4.78. The SMILES string of the molecule is Cc1ccc2c(O[C@@H]3C[C@H]4C(=O)C[C@]5(C(=O)O)C[C@@H]5/C=C\CCCCC[C@H](CCc5ccccc5)C(=O)N4C3)cc(-c3ccccc3)nc2c1. The van der Waals surface area contributed by atoms with Crippen molar-refractivity contribution in [1.82, 2.24) is 9.88 Å². The topological polar surface area (TPSA) is 96.8 Å². The Labute approximate surface area is 294 Å². The molecule has 3 aromatic carbocycles. The fourth-order valence-electron chi connectivity index (χ4n) is 8.01. The number of aliphatic carboxylic acids is 1. The van der Waals surface area contributed by atoms with Crippen molar-refractivity contribution < 1.29 is 24.2 Å². The molecule has 1 saturated heterocycles. The van der Waals surface area contributed by atoms with E-state index in [9.17, 15) is 19.5 Å². The first kappa shape index (κ1) is 33.7. The zero-order chi connectivity index (χ0) is 34.7. The van der Waals surface area contributed by atoms with Gasteiger partial charge in [-0.2, -0.15) is 0 Å². The summed E-state index contributed by atoms with van der Waals surface area (Å²) in [5.41, 5.74) is 3.76. The Morgan fingerprint density at radius 3 is 2.54 bits per heavy atom. The normalized spacial score (nSPS) is 26.4. The van der Waals surface area contributed by atoms with Crippen LogP contribution in [0.5, 0.6) is 5.75 Å². The zero-order valence-electron chi connectivity index (χ0n) is 28.8. The molecule has 0 radical (unpaired) electrons. The van der Waals surface area contributed by atoms with Gasteiger partial charge in [-0.15, -0.1) is 0 Å². The largest absolute Gasteiger partial charge is 0.488 e. The Morgan fingerprint density at radius 1 is 0.980 bits per heavy atom. The number of carboxylic acid groups (broad SMARTS) is 1. The van der Waals surface area contributed by atoms with Crippen molar-refractivity contribution in [3.63, 3.8) is 0 Å². The molecule has 7 nitrogen and oxygen atoms in total. The second kappa shape index (κ2) is 14.6. The quantitative estimate of drug-likeness (QED) is 0.199. The molecule has 3 heterocycles. The molecule has 3 aliphatic rings. The molecule has 2 fully saturated rings. The highest BCUT2D eigenvalue weighted by Gasteiger charge is 2.61. The van der Waals surface area contributed by atoms with Crippen LogP contribution in [0, 0.1) is 24.2 Å². The van der Waals surface area contributed by atoms with E-state index in [0.717, 1.165) is 66.2 Å². The number of fused-ring (bicyclic) bond motifs is 3. The molecule has 0 spiro atoms. The van der Waals surface area contributed by atoms with Gasteiger partial charge >= 0.3 is 5.97 Å². The Morgan fingerprint density at radius 2 is 1.76 bits per heavy atom. The van der Waals surface area contributed by atoms with Gasteiger partial charge in [-0.1, -0.05) is 91.7 Å². The number of carbonyl (C=O) groups excluding carboxylic acids is 2. The number of hydrogen-bond donors (Lipinski definition) is 1. The fourth-order valence-corrected chi connectivity index (χ4v) is 8.01. The van der Waals surface area contributed by atoms with E-state index in [1.807, 2.05) is 85.8 Å². The van der Waals surface area contributed by atoms with E-state index in [0.29, 0.717) is 25.0 Å². The molecule has 1 aliphatic carbocycles. The Kier molecular flexibility index (Phi) is 9.84. The molecule has 1 saturated carbocycles. The van der Waals surface area contributed by atoms with Crippen LogP contribution in [0.3, 0.4) is 0 Å². The zero-order valence-corrected chi connectivity index (χ0v) is 28.8. The predicted octanol–water partition coefficient (Wildman–Crippen LogP) is 8.38. The van der Waals surface area contributed by atoms with Crippen molar-refractivity contribution >= 4 is 28.6 Å². The number of ether oxygens (including phenoxy) is 1. The standard InChI is InChI=1S/C43H46N2O5/c1-29-19-22-35-37(23-29)44-36(31-15-10-6-11-16-31)25-40(35)50-34-24-38-39(46)27-43(42(48)49)26-33(43)18-12-4-2-3-9-17-32(41(47)45(38)28-34)21-20-30-13-7-5-8-14-30/h5-8,10-16,18-19,22-23,25,32-34,38H,2-4,9,17,20-21,24,26-28H2,1H3,(H,48,49)/b18-12-/t32-,33+,34-,38+,43-/m1/s1. The van der Waals surface area contributed by atoms with E-state index in [1.54, 1.807) is 4.90 Å². The van der Waals surface area contributed by atoms with Gasteiger partial charge in [0.25, 0.3) is 0 Å². The third kappa shape index (κ3) is 7.23. The number of pyridine rings is 1. The van der Waals surface area contributed by atoms with E-state index in [1.165, 1.54) is 5.56 Å². The van der Waals surface area contributed by atoms with Crippen LogP contribution in [0.4, 0.5) is 0 Å². The highest BCUT2D eigenvalue weighted by molar-refractivity contribution is 5.95. The second-order valence-electron chi connectivity index (χ2n) is 14.6. The van der Waals surface area contributed by atoms with Gasteiger partial charge in [0.2, 0.25) is 5.91 Å². The molecular weight excluding hydrogens is 624 g/mol. The summed E-state index contributed by atoms with van der Waals surface area (Å²) in [5.74, 6) is -0.859. The van der Waals surface area contributed by atoms with Crippen LogP contribution >= 0.6 is 0 Å². The predicted molar refractivity (Wildman–Crippen MR) is 195 cm³/mol. The Balaban J connectivity index is 1.21. The maximum absolute atomic E-state index is 14.6. The second-order valence-corrected chi connectivity index (χ2v) is 14.6. The van der Waals surface area contributed by atoms with Crippen molar-refractivity contribution in [3.8, 4) is 17.0 Å². The maximum Gasteiger partial charge on any atom is 0.310 e. The summed E-state index contributed by atoms with van der Waals surface area (Å²) in [5, 5.41) is 11.2. The maximum atomic E-state index is 14.6. The number of hydrogen-bond acceptors (Lipinski definition) is 5. The highest BCUT2D eigenvalue weighted by atomic mass is 16.5. The molecule has 258 valence electrons. The molecule has 7 heteroatoms. The molecule has 5 atom stereocenters. The van der Waals surface area contributed by atoms with Crippen molar-refractivity contribution in [1.29, 1.82) is 0 Å². The number of carboxylic acids is 1. The van der Waals surface area contributed by atoms with Gasteiger partial charge in [0.1, 0.15) is 11.9 Å². The average Bonchev–Trinajstić information content (AvgIpc) is 3.66. The van der Waals surface area contributed by atoms with Crippen LogP contribution < -0.4 is 4.74 Å². The molecule has 7 rings (SSSR count). The molecule has 4 aromatic rings. The molecule has 0 bridgehead atoms. The summed E-state index contributed by atoms with van der Waals surface area (Å²) in [6.07, 6.45) is 10.4. The van der Waals surface area contributed by atoms with E-state index in [4.69, 9.17) is 9.72 Å². The molecule has 2 aliphatic heterocycles. The molecule has 1 N–H and O–H groups in total. The third-order valence-corrected chi connectivity index (χ3v) is 11.0. The van der Waals surface area contributed by atoms with E-state index >= 15 is 0 Å². The average molecular weight is 671 g/mol. The van der Waals surface area contributed by atoms with Gasteiger partial charge < -0.3 is 14.7 Å². The first-order valence-corrected chi connectivity index (χ1v) is 18.2. The number of benzene rings is 3. The third-order valence-electron chi connectivity index (χ3n) is 11.0. The van der Waals surface area contributed by atoms with Crippen molar-refractivity contribution in [2.24, 2.45) is 17.3 Å². The van der Waals surface area contributed by atoms with Crippen LogP contribution in [0.2, 0.25) is 0 Å². The van der Waals surface area contributed by atoms with Crippen molar-refractivity contribution in [2.75, 3.05) is 6.54 Å². The van der Waals surface area contributed by atoms with Crippen molar-refractivity contribution in [2.45, 2.75) is 83.3 Å². The van der Waals surface area contributed by atoms with Crippen LogP contribution in [-0.2, 0) is 20.8 Å². The van der Waals surface area contributed by atoms with Crippen LogP contribution in [-0.4, -0.2) is 51.3 Å². The number of aromatic nitrogens is 1. The fraction of sp³-hybridized carbons (Fsp3) is 0.395. The number of allylic oxidation sites excluding steroid dienone is 2. The molecule has 1 aromatic heterocycles. The van der Waals surface area contributed by atoms with E-state index in [2.05, 4.69) is 18.2 Å². The number of rotatable bonds is 7. The van der Waals surface area contributed by atoms with Crippen LogP contribution in [0.1, 0.15) is 68.9 Å². The summed E-state index contributed by atoms with van der Waals surface area (Å²) in [6, 6.07) is 27.5. The van der Waals surface area contributed by atoms with E-state index in [-0.39, 0.29) is 36.5 Å². The minimum absolute atomic E-state index is 0.0183. The number of Topliss-reactive ketones (excluding diaryl/α,β-unsaturated/α-hetero) is 1. The number of amides is 1. The lowest BCUT2D eigenvalue weighted by molar-refractivity contribution is -0.147. The lowest BCUT2D eigenvalue weighted by Gasteiger charge is -2.29. The summed E-state index contributed by atoms with van der Waals surface area (Å²) < 4.78 is 6.79. The van der Waals surface area contributed by atoms with Crippen LogP contribution in [0.25, 0.3) is 22.2 Å². The number of ketones is 1. The van der Waals surface area contributed by atoms with Gasteiger partial charge in [-0.25, -0.2) is 4.98 Å². The van der Waals surface area contributed by atoms with Gasteiger partial charge in [0.15, 0.2) is 5.78 Å². The van der Waals surface area contributed by atoms with Crippen LogP contribution in [0.15, 0.2) is 97.1 Å². The van der Waals surface area contributed by atoms with Gasteiger partial charge in [-0.05, 0) is 74.6 Å². The molecule has 1 amide bonds. The number of aryl methyl sites for hydroxylation is 2.